The Morgan fingerprint density at radius 3 is 2.50 bits per heavy atom. The fraction of sp³-hybridized carbons (Fsp3) is 0. The van der Waals surface area contributed by atoms with E-state index in [-0.39, 0.29) is 29.7 Å². The van der Waals surface area contributed by atoms with Gasteiger partial charge in [-0.15, -0.1) is 24.0 Å². The molecule has 2 rings (SSSR count). The Hall–Kier alpha value is -1.17. The quantitative estimate of drug-likeness (QED) is 0.824. The van der Waals surface area contributed by atoms with Crippen LogP contribution in [-0.2, 0) is 0 Å². The van der Waals surface area contributed by atoms with E-state index < -0.39 is 5.97 Å². The molecule has 4 heteroatoms. The number of halogens is 1. The molecule has 0 aliphatic carbocycles. The number of carbonyl (C=O) groups is 1. The van der Waals surface area contributed by atoms with E-state index in [2.05, 4.69) is 4.98 Å². The van der Waals surface area contributed by atoms with Gasteiger partial charge in [-0.3, -0.25) is 0 Å². The summed E-state index contributed by atoms with van der Waals surface area (Å²) in [5.74, 6) is -0.995. The normalized spacial score (nSPS) is 9.43. The molecular formula is C10H8INO2. The number of benzene rings is 1. The molecule has 0 radical (unpaired) electrons. The number of fused-ring (bicyclic) bond motifs is 1. The van der Waals surface area contributed by atoms with Crippen LogP contribution in [0, 0.1) is 0 Å². The van der Waals surface area contributed by atoms with Crippen molar-refractivity contribution >= 4 is 40.7 Å². The minimum atomic E-state index is -0.995. The van der Waals surface area contributed by atoms with Crippen LogP contribution in [0.15, 0.2) is 36.5 Å². The number of nitrogens with zero attached hydrogens (tertiary/aromatic N) is 1. The fourth-order valence-electron chi connectivity index (χ4n) is 1.20. The lowest BCUT2D eigenvalue weighted by Crippen LogP contribution is -1.98. The highest BCUT2D eigenvalue weighted by Gasteiger charge is 2.03. The van der Waals surface area contributed by atoms with E-state index in [1.165, 1.54) is 0 Å². The number of aromatic nitrogens is 1. The van der Waals surface area contributed by atoms with Crippen molar-refractivity contribution in [3.63, 3.8) is 0 Å². The maximum Gasteiger partial charge on any atom is 0.354 e. The van der Waals surface area contributed by atoms with Crippen molar-refractivity contribution in [3.05, 3.63) is 42.2 Å². The minimum Gasteiger partial charge on any atom is -0.477 e. The largest absolute Gasteiger partial charge is 0.477 e. The van der Waals surface area contributed by atoms with Gasteiger partial charge in [0.2, 0.25) is 0 Å². The van der Waals surface area contributed by atoms with Gasteiger partial charge in [-0.1, -0.05) is 24.3 Å². The van der Waals surface area contributed by atoms with Crippen LogP contribution in [0.3, 0.4) is 0 Å². The third-order valence-electron chi connectivity index (χ3n) is 1.85. The molecule has 1 aromatic heterocycles. The second kappa shape index (κ2) is 4.36. The van der Waals surface area contributed by atoms with E-state index in [1.54, 1.807) is 12.3 Å². The monoisotopic (exact) mass is 301 g/mol. The topological polar surface area (TPSA) is 50.2 Å². The van der Waals surface area contributed by atoms with Gasteiger partial charge in [-0.25, -0.2) is 9.78 Å². The van der Waals surface area contributed by atoms with Crippen LogP contribution >= 0.6 is 24.0 Å². The molecule has 1 aromatic carbocycles. The highest BCUT2D eigenvalue weighted by atomic mass is 127. The number of carboxylic acid groups (broad SMARTS) is 1. The van der Waals surface area contributed by atoms with Crippen LogP contribution < -0.4 is 0 Å². The van der Waals surface area contributed by atoms with Crippen molar-refractivity contribution in [1.82, 2.24) is 4.98 Å². The zero-order valence-electron chi connectivity index (χ0n) is 7.18. The van der Waals surface area contributed by atoms with Crippen molar-refractivity contribution < 1.29 is 9.90 Å². The molecule has 0 atom stereocenters. The summed E-state index contributed by atoms with van der Waals surface area (Å²) in [6.07, 6.45) is 1.57. The Balaban J connectivity index is 0.000000980. The number of hydrogen-bond acceptors (Lipinski definition) is 2. The number of carboxylic acids is 1. The highest BCUT2D eigenvalue weighted by molar-refractivity contribution is 14.0. The average molecular weight is 301 g/mol. The van der Waals surface area contributed by atoms with E-state index in [0.29, 0.717) is 0 Å². The first-order chi connectivity index (χ1) is 6.27. The zero-order valence-corrected chi connectivity index (χ0v) is 9.51. The fourth-order valence-corrected chi connectivity index (χ4v) is 1.20. The second-order valence-electron chi connectivity index (χ2n) is 2.72. The van der Waals surface area contributed by atoms with Crippen LogP contribution in [0.2, 0.25) is 0 Å². The van der Waals surface area contributed by atoms with Gasteiger partial charge in [-0.05, 0) is 11.5 Å². The molecule has 3 nitrogen and oxygen atoms in total. The van der Waals surface area contributed by atoms with Gasteiger partial charge in [0.05, 0.1) is 0 Å². The molecule has 0 unspecified atom stereocenters. The Morgan fingerprint density at radius 1 is 1.21 bits per heavy atom. The van der Waals surface area contributed by atoms with Crippen LogP contribution in [0.5, 0.6) is 0 Å². The average Bonchev–Trinajstić information content (AvgIpc) is 2.17. The van der Waals surface area contributed by atoms with Gasteiger partial charge in [-0.2, -0.15) is 0 Å². The van der Waals surface area contributed by atoms with Crippen molar-refractivity contribution in [2.75, 3.05) is 0 Å². The number of aromatic carboxylic acids is 1. The van der Waals surface area contributed by atoms with Gasteiger partial charge in [0.1, 0.15) is 5.69 Å². The van der Waals surface area contributed by atoms with E-state index in [0.717, 1.165) is 10.8 Å². The number of rotatable bonds is 1. The minimum absolute atomic E-state index is 0. The maximum absolute atomic E-state index is 10.6. The Kier molecular flexibility index (Phi) is 3.40. The van der Waals surface area contributed by atoms with E-state index in [4.69, 9.17) is 5.11 Å². The summed E-state index contributed by atoms with van der Waals surface area (Å²) in [6.45, 7) is 0. The van der Waals surface area contributed by atoms with Gasteiger partial charge >= 0.3 is 5.97 Å². The number of pyridine rings is 1. The van der Waals surface area contributed by atoms with E-state index >= 15 is 0 Å². The Morgan fingerprint density at radius 2 is 1.86 bits per heavy atom. The SMILES string of the molecule is I.O=C(O)c1cc2ccccc2cn1. The molecule has 72 valence electrons. The molecular weight excluding hydrogens is 293 g/mol. The van der Waals surface area contributed by atoms with E-state index in [9.17, 15) is 4.79 Å². The van der Waals surface area contributed by atoms with Crippen molar-refractivity contribution in [1.29, 1.82) is 0 Å². The van der Waals surface area contributed by atoms with Crippen LogP contribution in [0.25, 0.3) is 10.8 Å². The third-order valence-corrected chi connectivity index (χ3v) is 1.85. The zero-order chi connectivity index (χ0) is 9.26. The van der Waals surface area contributed by atoms with Gasteiger partial charge < -0.3 is 5.11 Å². The molecule has 0 fully saturated rings. The second-order valence-corrected chi connectivity index (χ2v) is 2.72. The summed E-state index contributed by atoms with van der Waals surface area (Å²) in [6, 6.07) is 9.09. The Bertz CT molecular complexity index is 470. The molecule has 2 aromatic rings. The summed E-state index contributed by atoms with van der Waals surface area (Å²) >= 11 is 0. The first-order valence-corrected chi connectivity index (χ1v) is 3.85. The predicted octanol–water partition coefficient (Wildman–Crippen LogP) is 2.55. The predicted molar refractivity (Wildman–Crippen MR) is 64.1 cm³/mol. The number of hydrogen-bond donors (Lipinski definition) is 1. The Labute approximate surface area is 97.8 Å². The van der Waals surface area contributed by atoms with Crippen molar-refractivity contribution in [2.24, 2.45) is 0 Å². The van der Waals surface area contributed by atoms with E-state index in [1.807, 2.05) is 24.3 Å². The first-order valence-electron chi connectivity index (χ1n) is 3.85. The lowest BCUT2D eigenvalue weighted by atomic mass is 10.1. The van der Waals surface area contributed by atoms with Gasteiger partial charge in [0, 0.05) is 11.6 Å². The molecule has 1 N–H and O–H groups in total. The van der Waals surface area contributed by atoms with Crippen molar-refractivity contribution in [2.45, 2.75) is 0 Å². The molecule has 0 bridgehead atoms. The molecule has 1 heterocycles. The molecule has 14 heavy (non-hydrogen) atoms. The van der Waals surface area contributed by atoms with Crippen LogP contribution in [-0.4, -0.2) is 16.1 Å². The van der Waals surface area contributed by atoms with Crippen LogP contribution in [0.1, 0.15) is 10.5 Å². The summed E-state index contributed by atoms with van der Waals surface area (Å²) in [4.78, 5) is 14.4. The molecule has 0 aliphatic rings. The first kappa shape index (κ1) is 10.9. The van der Waals surface area contributed by atoms with Crippen LogP contribution in [0.4, 0.5) is 0 Å². The molecule has 0 amide bonds. The molecule has 0 spiro atoms. The molecule has 0 saturated carbocycles. The standard InChI is InChI=1S/C10H7NO2.HI/c12-10(13)9-5-7-3-1-2-4-8(7)6-11-9;/h1-6H,(H,12,13);1H. The van der Waals surface area contributed by atoms with Gasteiger partial charge in [0.15, 0.2) is 0 Å². The van der Waals surface area contributed by atoms with Crippen molar-refractivity contribution in [3.8, 4) is 0 Å². The van der Waals surface area contributed by atoms with Gasteiger partial charge in [0.25, 0.3) is 0 Å². The lowest BCUT2D eigenvalue weighted by Gasteiger charge is -1.97. The summed E-state index contributed by atoms with van der Waals surface area (Å²) in [5, 5.41) is 10.5. The molecule has 0 saturated heterocycles. The maximum atomic E-state index is 10.6. The summed E-state index contributed by atoms with van der Waals surface area (Å²) in [7, 11) is 0. The summed E-state index contributed by atoms with van der Waals surface area (Å²) < 4.78 is 0. The summed E-state index contributed by atoms with van der Waals surface area (Å²) in [5.41, 5.74) is 0.0821. The lowest BCUT2D eigenvalue weighted by molar-refractivity contribution is 0.0691. The highest BCUT2D eigenvalue weighted by Crippen LogP contribution is 2.12. The smallest absolute Gasteiger partial charge is 0.354 e. The third kappa shape index (κ3) is 2.01. The molecule has 0 aliphatic heterocycles.